The Kier molecular flexibility index (Phi) is 4.73. The minimum Gasteiger partial charge on any atom is -0.346 e. The van der Waals surface area contributed by atoms with Crippen LogP contribution in [0.3, 0.4) is 0 Å². The summed E-state index contributed by atoms with van der Waals surface area (Å²) in [4.78, 5) is 27.2. The van der Waals surface area contributed by atoms with Gasteiger partial charge in [0.05, 0.1) is 11.5 Å². The van der Waals surface area contributed by atoms with Crippen molar-refractivity contribution >= 4 is 11.8 Å². The first kappa shape index (κ1) is 17.8. The third-order valence-corrected chi connectivity index (χ3v) is 5.98. The van der Waals surface area contributed by atoms with E-state index in [0.29, 0.717) is 19.5 Å². The zero-order chi connectivity index (χ0) is 18.9. The summed E-state index contributed by atoms with van der Waals surface area (Å²) >= 11 is 0. The van der Waals surface area contributed by atoms with E-state index in [0.717, 1.165) is 24.8 Å². The molecule has 140 valence electrons. The first-order valence-corrected chi connectivity index (χ1v) is 9.77. The molecule has 1 saturated carbocycles. The molecule has 1 aliphatic carbocycles. The number of carbonyl (C=O) groups excluding carboxylic acids is 2. The predicted molar refractivity (Wildman–Crippen MR) is 105 cm³/mol. The molecule has 1 aliphatic heterocycles. The number of hydrogen-bond donors (Lipinski definition) is 1. The molecule has 27 heavy (non-hydrogen) atoms. The number of aryl methyl sites for hydroxylation is 1. The number of benzene rings is 2. The van der Waals surface area contributed by atoms with Crippen molar-refractivity contribution < 1.29 is 9.59 Å². The van der Waals surface area contributed by atoms with Gasteiger partial charge in [0.25, 0.3) is 0 Å². The quantitative estimate of drug-likeness (QED) is 0.884. The maximum Gasteiger partial charge on any atom is 0.226 e. The molecule has 4 nitrogen and oxygen atoms in total. The second-order valence-electron chi connectivity index (χ2n) is 7.95. The van der Waals surface area contributed by atoms with Gasteiger partial charge in [-0.25, -0.2) is 0 Å². The summed E-state index contributed by atoms with van der Waals surface area (Å²) < 4.78 is 0. The smallest absolute Gasteiger partial charge is 0.226 e. The summed E-state index contributed by atoms with van der Waals surface area (Å²) in [5.74, 6) is -0.180. The highest BCUT2D eigenvalue weighted by Gasteiger charge is 2.43. The number of likely N-dealkylation sites (tertiary alicyclic amines) is 1. The van der Waals surface area contributed by atoms with Crippen molar-refractivity contribution in [2.45, 2.75) is 44.7 Å². The highest BCUT2D eigenvalue weighted by atomic mass is 16.2. The zero-order valence-corrected chi connectivity index (χ0v) is 15.8. The highest BCUT2D eigenvalue weighted by molar-refractivity contribution is 5.89. The van der Waals surface area contributed by atoms with Crippen LogP contribution in [0.2, 0.25) is 0 Å². The van der Waals surface area contributed by atoms with Gasteiger partial charge < -0.3 is 10.2 Å². The minimum atomic E-state index is -0.260. The number of nitrogens with zero attached hydrogens (tertiary/aromatic N) is 1. The lowest BCUT2D eigenvalue weighted by molar-refractivity contribution is -0.130. The van der Waals surface area contributed by atoms with Crippen LogP contribution in [-0.2, 0) is 21.7 Å². The van der Waals surface area contributed by atoms with E-state index >= 15 is 0 Å². The van der Waals surface area contributed by atoms with Crippen LogP contribution < -0.4 is 5.32 Å². The Morgan fingerprint density at radius 3 is 2.44 bits per heavy atom. The maximum atomic E-state index is 12.9. The van der Waals surface area contributed by atoms with E-state index in [1.54, 1.807) is 0 Å². The molecule has 1 saturated heterocycles. The number of carbonyl (C=O) groups is 2. The molecule has 1 heterocycles. The van der Waals surface area contributed by atoms with Gasteiger partial charge in [0, 0.05) is 19.5 Å². The van der Waals surface area contributed by atoms with Crippen molar-refractivity contribution in [3.8, 4) is 0 Å². The Balaban J connectivity index is 1.41. The van der Waals surface area contributed by atoms with E-state index in [4.69, 9.17) is 0 Å². The van der Waals surface area contributed by atoms with Gasteiger partial charge >= 0.3 is 0 Å². The normalized spacial score (nSPS) is 21.0. The Morgan fingerprint density at radius 1 is 1.11 bits per heavy atom. The average Bonchev–Trinajstić information content (AvgIpc) is 3.01. The first-order valence-electron chi connectivity index (χ1n) is 9.77. The number of rotatable bonds is 5. The van der Waals surface area contributed by atoms with Crippen molar-refractivity contribution in [1.82, 2.24) is 10.2 Å². The number of hydrogen-bond acceptors (Lipinski definition) is 2. The highest BCUT2D eigenvalue weighted by Crippen LogP contribution is 2.41. The van der Waals surface area contributed by atoms with Crippen LogP contribution in [0, 0.1) is 12.8 Å². The molecule has 2 aliphatic rings. The van der Waals surface area contributed by atoms with E-state index in [-0.39, 0.29) is 23.3 Å². The van der Waals surface area contributed by atoms with Crippen molar-refractivity contribution in [1.29, 1.82) is 0 Å². The lowest BCUT2D eigenvalue weighted by Gasteiger charge is -2.43. The summed E-state index contributed by atoms with van der Waals surface area (Å²) in [5, 5.41) is 3.28. The monoisotopic (exact) mass is 362 g/mol. The maximum absolute atomic E-state index is 12.9. The fraction of sp³-hybridized carbons (Fsp3) is 0.391. The van der Waals surface area contributed by atoms with Gasteiger partial charge in [0.15, 0.2) is 0 Å². The van der Waals surface area contributed by atoms with Crippen LogP contribution in [0.1, 0.15) is 42.4 Å². The molecule has 4 heteroatoms. The fourth-order valence-corrected chi connectivity index (χ4v) is 4.13. The van der Waals surface area contributed by atoms with Gasteiger partial charge in [-0.2, -0.15) is 0 Å². The van der Waals surface area contributed by atoms with Crippen LogP contribution in [0.4, 0.5) is 0 Å². The average molecular weight is 362 g/mol. The third-order valence-electron chi connectivity index (χ3n) is 5.98. The first-order chi connectivity index (χ1) is 13.1. The molecule has 0 radical (unpaired) electrons. The molecule has 0 bridgehead atoms. The van der Waals surface area contributed by atoms with E-state index in [2.05, 4.69) is 41.7 Å². The minimum absolute atomic E-state index is 0.0123. The van der Waals surface area contributed by atoms with Crippen LogP contribution >= 0.6 is 0 Å². The van der Waals surface area contributed by atoms with Gasteiger partial charge in [-0.3, -0.25) is 9.59 Å². The molecule has 0 spiro atoms. The van der Waals surface area contributed by atoms with Crippen molar-refractivity contribution in [2.75, 3.05) is 6.54 Å². The van der Waals surface area contributed by atoms with E-state index in [9.17, 15) is 9.59 Å². The predicted octanol–water partition coefficient (Wildman–Crippen LogP) is 3.54. The summed E-state index contributed by atoms with van der Waals surface area (Å²) in [7, 11) is 0. The summed E-state index contributed by atoms with van der Waals surface area (Å²) in [6.45, 7) is 3.13. The van der Waals surface area contributed by atoms with E-state index < -0.39 is 0 Å². The third kappa shape index (κ3) is 3.61. The number of nitrogens with one attached hydrogen (secondary N) is 1. The molecule has 4 rings (SSSR count). The van der Waals surface area contributed by atoms with Crippen molar-refractivity contribution in [3.63, 3.8) is 0 Å². The fourth-order valence-electron chi connectivity index (χ4n) is 4.13. The van der Waals surface area contributed by atoms with Gasteiger partial charge in [0.1, 0.15) is 0 Å². The van der Waals surface area contributed by atoms with E-state index in [1.165, 1.54) is 11.1 Å². The lowest BCUT2D eigenvalue weighted by Crippen LogP contribution is -2.52. The SMILES string of the molecule is Cc1ccc(CN2CC(C(=O)NC3(c4ccccc4)CCC3)CC2=O)cc1. The molecule has 2 fully saturated rings. The molecule has 2 amide bonds. The lowest BCUT2D eigenvalue weighted by atomic mass is 9.71. The second-order valence-corrected chi connectivity index (χ2v) is 7.95. The van der Waals surface area contributed by atoms with Gasteiger partial charge in [-0.05, 0) is 37.3 Å². The summed E-state index contributed by atoms with van der Waals surface area (Å²) in [6.07, 6.45) is 3.37. The van der Waals surface area contributed by atoms with Crippen molar-refractivity contribution in [3.05, 3.63) is 71.3 Å². The Bertz CT molecular complexity index is 825. The molecule has 2 aromatic carbocycles. The molecule has 0 aromatic heterocycles. The Morgan fingerprint density at radius 2 is 1.81 bits per heavy atom. The van der Waals surface area contributed by atoms with Crippen LogP contribution in [-0.4, -0.2) is 23.3 Å². The molecule has 1 unspecified atom stereocenters. The van der Waals surface area contributed by atoms with E-state index in [1.807, 2.05) is 30.0 Å². The molecular weight excluding hydrogens is 336 g/mol. The molecular formula is C23H26N2O2. The van der Waals surface area contributed by atoms with Gasteiger partial charge in [-0.15, -0.1) is 0 Å². The van der Waals surface area contributed by atoms with Crippen LogP contribution in [0.5, 0.6) is 0 Å². The number of amides is 2. The second kappa shape index (κ2) is 7.18. The zero-order valence-electron chi connectivity index (χ0n) is 15.8. The molecule has 1 atom stereocenters. The summed E-state index contributed by atoms with van der Waals surface area (Å²) in [5.41, 5.74) is 3.24. The topological polar surface area (TPSA) is 49.4 Å². The van der Waals surface area contributed by atoms with Crippen molar-refractivity contribution in [2.24, 2.45) is 5.92 Å². The molecule has 2 aromatic rings. The van der Waals surface area contributed by atoms with Crippen LogP contribution in [0.15, 0.2) is 54.6 Å². The molecule has 1 N–H and O–H groups in total. The van der Waals surface area contributed by atoms with Crippen LogP contribution in [0.25, 0.3) is 0 Å². The Labute approximate surface area is 160 Å². The standard InChI is InChI=1S/C23H26N2O2/c1-17-8-10-18(11-9-17)15-25-16-19(14-21(25)26)22(27)24-23(12-5-13-23)20-6-3-2-4-7-20/h2-4,6-11,19H,5,12-16H2,1H3,(H,24,27). The van der Waals surface area contributed by atoms with Gasteiger partial charge in [-0.1, -0.05) is 60.2 Å². The largest absolute Gasteiger partial charge is 0.346 e. The summed E-state index contributed by atoms with van der Waals surface area (Å²) in [6, 6.07) is 18.4. The Hall–Kier alpha value is -2.62. The van der Waals surface area contributed by atoms with Gasteiger partial charge in [0.2, 0.25) is 11.8 Å².